The molecule has 0 fully saturated rings. The van der Waals surface area contributed by atoms with Crippen LogP contribution in [-0.4, -0.2) is 37.2 Å². The Hall–Kier alpha value is -2.89. The first-order valence-electron chi connectivity index (χ1n) is 32.3. The van der Waals surface area contributed by atoms with E-state index in [-0.39, 0.29) is 31.1 Å². The van der Waals surface area contributed by atoms with E-state index in [2.05, 4.69) is 81.5 Å². The lowest BCUT2D eigenvalue weighted by molar-refractivity contribution is -0.167. The number of rotatable bonds is 59. The highest BCUT2D eigenvalue weighted by molar-refractivity contribution is 5.71. The maximum Gasteiger partial charge on any atom is 0.306 e. The van der Waals surface area contributed by atoms with Crippen molar-refractivity contribution < 1.29 is 28.6 Å². The molecule has 0 saturated carbocycles. The Balaban J connectivity index is 4.11. The quantitative estimate of drug-likeness (QED) is 0.0261. The van der Waals surface area contributed by atoms with E-state index in [1.807, 2.05) is 0 Å². The lowest BCUT2D eigenvalue weighted by Gasteiger charge is -2.18. The highest BCUT2D eigenvalue weighted by Gasteiger charge is 2.19. The fourth-order valence-electron chi connectivity index (χ4n) is 9.47. The summed E-state index contributed by atoms with van der Waals surface area (Å²) in [7, 11) is 0. The van der Waals surface area contributed by atoms with Crippen LogP contribution in [0.1, 0.15) is 335 Å². The normalized spacial score (nSPS) is 12.4. The summed E-state index contributed by atoms with van der Waals surface area (Å²) in [5.74, 6) is -0.855. The van der Waals surface area contributed by atoms with Crippen LogP contribution in [0.3, 0.4) is 0 Å². The number of hydrogen-bond donors (Lipinski definition) is 0. The Morgan fingerprint density at radius 1 is 0.284 bits per heavy atom. The summed E-state index contributed by atoms with van der Waals surface area (Å²) in [6.07, 6.45) is 79.6. The minimum atomic E-state index is -0.769. The number of carbonyl (C=O) groups excluding carboxylic acids is 3. The minimum Gasteiger partial charge on any atom is -0.462 e. The summed E-state index contributed by atoms with van der Waals surface area (Å²) < 4.78 is 16.9. The molecule has 430 valence electrons. The van der Waals surface area contributed by atoms with Crippen molar-refractivity contribution in [3.63, 3.8) is 0 Å². The van der Waals surface area contributed by atoms with Gasteiger partial charge in [0, 0.05) is 19.3 Å². The molecule has 0 aliphatic heterocycles. The molecule has 0 spiro atoms. The van der Waals surface area contributed by atoms with Gasteiger partial charge in [0.25, 0.3) is 0 Å². The summed E-state index contributed by atoms with van der Waals surface area (Å²) in [4.78, 5) is 38.1. The van der Waals surface area contributed by atoms with Crippen molar-refractivity contribution in [3.05, 3.63) is 60.8 Å². The van der Waals surface area contributed by atoms with Crippen LogP contribution in [0.4, 0.5) is 0 Å². The molecular formula is C68H122O6. The van der Waals surface area contributed by atoms with Crippen molar-refractivity contribution in [3.8, 4) is 0 Å². The van der Waals surface area contributed by atoms with Crippen LogP contribution in [0, 0.1) is 0 Å². The van der Waals surface area contributed by atoms with E-state index in [0.717, 1.165) is 89.9 Å². The van der Waals surface area contributed by atoms with Gasteiger partial charge in [-0.1, -0.05) is 313 Å². The van der Waals surface area contributed by atoms with Gasteiger partial charge in [-0.2, -0.15) is 0 Å². The molecule has 6 nitrogen and oxygen atoms in total. The zero-order chi connectivity index (χ0) is 53.6. The first-order valence-corrected chi connectivity index (χ1v) is 32.3. The number of unbranched alkanes of at least 4 members (excludes halogenated alkanes) is 38. The molecular weight excluding hydrogens is 913 g/mol. The van der Waals surface area contributed by atoms with E-state index in [4.69, 9.17) is 14.2 Å². The molecule has 0 aromatic heterocycles. The van der Waals surface area contributed by atoms with Gasteiger partial charge >= 0.3 is 17.9 Å². The first kappa shape index (κ1) is 71.1. The van der Waals surface area contributed by atoms with E-state index >= 15 is 0 Å². The van der Waals surface area contributed by atoms with Crippen molar-refractivity contribution in [2.24, 2.45) is 0 Å². The van der Waals surface area contributed by atoms with Gasteiger partial charge in [0.15, 0.2) is 6.10 Å². The molecule has 0 rings (SSSR count). The fourth-order valence-corrected chi connectivity index (χ4v) is 9.47. The number of hydrogen-bond acceptors (Lipinski definition) is 6. The van der Waals surface area contributed by atoms with Gasteiger partial charge in [-0.25, -0.2) is 0 Å². The smallest absolute Gasteiger partial charge is 0.306 e. The zero-order valence-electron chi connectivity index (χ0n) is 49.4. The molecule has 0 aromatic rings. The molecule has 0 N–H and O–H groups in total. The molecule has 0 saturated heterocycles. The number of carbonyl (C=O) groups is 3. The largest absolute Gasteiger partial charge is 0.462 e. The van der Waals surface area contributed by atoms with Crippen molar-refractivity contribution in [2.75, 3.05) is 13.2 Å². The van der Waals surface area contributed by atoms with Gasteiger partial charge in [-0.3, -0.25) is 14.4 Å². The molecule has 0 aliphatic rings. The van der Waals surface area contributed by atoms with Gasteiger partial charge < -0.3 is 14.2 Å². The van der Waals surface area contributed by atoms with E-state index < -0.39 is 6.10 Å². The van der Waals surface area contributed by atoms with Crippen LogP contribution in [0.5, 0.6) is 0 Å². The van der Waals surface area contributed by atoms with Crippen molar-refractivity contribution in [2.45, 2.75) is 341 Å². The van der Waals surface area contributed by atoms with Crippen LogP contribution in [0.15, 0.2) is 60.8 Å². The molecule has 74 heavy (non-hydrogen) atoms. The van der Waals surface area contributed by atoms with Crippen LogP contribution in [-0.2, 0) is 28.6 Å². The standard InChI is InChI=1S/C68H122O6/c1-4-7-10-13-16-19-21-23-25-27-29-30-31-32-33-34-35-36-37-38-40-41-43-45-47-49-52-55-58-61-67(70)73-64-65(63-72-66(69)60-57-54-51-18-15-12-9-6-3)74-68(71)62-59-56-53-50-48-46-44-42-39-28-26-24-22-20-17-14-11-8-5-2/h7,10,16,19,23,25,29-30,32-33,65H,4-6,8-9,11-15,17-18,20-22,24,26-28,31,34-64H2,1-3H3/b10-7-,19-16-,25-23-,30-29-,33-32-. The Kier molecular flexibility index (Phi) is 60.2. The first-order chi connectivity index (χ1) is 36.5. The van der Waals surface area contributed by atoms with Gasteiger partial charge in [0.1, 0.15) is 13.2 Å². The molecule has 6 heteroatoms. The van der Waals surface area contributed by atoms with Gasteiger partial charge in [0.2, 0.25) is 0 Å². The zero-order valence-corrected chi connectivity index (χ0v) is 49.4. The Morgan fingerprint density at radius 3 is 0.824 bits per heavy atom. The molecule has 0 bridgehead atoms. The topological polar surface area (TPSA) is 78.9 Å². The predicted molar refractivity (Wildman–Crippen MR) is 321 cm³/mol. The summed E-state index contributed by atoms with van der Waals surface area (Å²) in [5, 5.41) is 0. The highest BCUT2D eigenvalue weighted by atomic mass is 16.6. The SMILES string of the molecule is CC/C=C\C/C=C\C/C=C\C/C=C\C/C=C\CCCCCCCCCCCCCCCC(=O)OCC(COC(=O)CCCCCCCCCC)OC(=O)CCCCCCCCCCCCCCCCCCCCC. The van der Waals surface area contributed by atoms with E-state index in [0.29, 0.717) is 19.3 Å². The second-order valence-corrected chi connectivity index (χ2v) is 21.7. The third-order valence-corrected chi connectivity index (χ3v) is 14.3. The summed E-state index contributed by atoms with van der Waals surface area (Å²) >= 11 is 0. The Labute approximate surface area is 460 Å². The maximum absolute atomic E-state index is 12.9. The number of ether oxygens (including phenoxy) is 3. The molecule has 0 heterocycles. The molecule has 1 atom stereocenters. The summed E-state index contributed by atoms with van der Waals surface area (Å²) in [6.45, 7) is 6.55. The lowest BCUT2D eigenvalue weighted by atomic mass is 10.0. The number of allylic oxidation sites excluding steroid dienone is 10. The van der Waals surface area contributed by atoms with Gasteiger partial charge in [0.05, 0.1) is 0 Å². The third kappa shape index (κ3) is 60.0. The van der Waals surface area contributed by atoms with Crippen LogP contribution < -0.4 is 0 Å². The minimum absolute atomic E-state index is 0.0690. The van der Waals surface area contributed by atoms with Crippen molar-refractivity contribution >= 4 is 17.9 Å². The van der Waals surface area contributed by atoms with Gasteiger partial charge in [-0.15, -0.1) is 0 Å². The van der Waals surface area contributed by atoms with Gasteiger partial charge in [-0.05, 0) is 64.2 Å². The van der Waals surface area contributed by atoms with E-state index in [9.17, 15) is 14.4 Å². The monoisotopic (exact) mass is 1030 g/mol. The summed E-state index contributed by atoms with van der Waals surface area (Å²) in [6, 6.07) is 0. The third-order valence-electron chi connectivity index (χ3n) is 14.3. The van der Waals surface area contributed by atoms with Crippen LogP contribution >= 0.6 is 0 Å². The fraction of sp³-hybridized carbons (Fsp3) is 0.809. The average molecular weight is 1040 g/mol. The van der Waals surface area contributed by atoms with Crippen molar-refractivity contribution in [1.82, 2.24) is 0 Å². The second-order valence-electron chi connectivity index (χ2n) is 21.7. The number of esters is 3. The molecule has 0 amide bonds. The van der Waals surface area contributed by atoms with Crippen LogP contribution in [0.2, 0.25) is 0 Å². The maximum atomic E-state index is 12.9. The molecule has 0 radical (unpaired) electrons. The van der Waals surface area contributed by atoms with E-state index in [1.165, 1.54) is 205 Å². The lowest BCUT2D eigenvalue weighted by Crippen LogP contribution is -2.30. The molecule has 0 aromatic carbocycles. The Morgan fingerprint density at radius 2 is 0.527 bits per heavy atom. The molecule has 0 aliphatic carbocycles. The van der Waals surface area contributed by atoms with Crippen molar-refractivity contribution in [1.29, 1.82) is 0 Å². The molecule has 1 unspecified atom stereocenters. The summed E-state index contributed by atoms with van der Waals surface area (Å²) in [5.41, 5.74) is 0. The second kappa shape index (κ2) is 62.6. The highest BCUT2D eigenvalue weighted by Crippen LogP contribution is 2.17. The Bertz CT molecular complexity index is 1330. The van der Waals surface area contributed by atoms with E-state index in [1.54, 1.807) is 0 Å². The average Bonchev–Trinajstić information content (AvgIpc) is 3.40. The van der Waals surface area contributed by atoms with Crippen LogP contribution in [0.25, 0.3) is 0 Å². The predicted octanol–water partition coefficient (Wildman–Crippen LogP) is 21.9.